The number of hydrogen-bond donors (Lipinski definition) is 1. The van der Waals surface area contributed by atoms with Crippen LogP contribution >= 0.6 is 11.6 Å². The topological polar surface area (TPSA) is 152 Å². The van der Waals surface area contributed by atoms with Gasteiger partial charge in [0.15, 0.2) is 11.4 Å². The van der Waals surface area contributed by atoms with Gasteiger partial charge in [-0.15, -0.1) is 0 Å². The SMILES string of the molecule is CC(C)(C)C[C@]1(c2ccc(C#N)cc2)N=C(NC(=O)OCc2ccccc2)N([C@H](COC(=O)CC2(C(F)(F)F)CC2)c2ccc(Cl)c(-n3ncnc3C(F)F)c2)C1=O. The van der Waals surface area contributed by atoms with Crippen molar-refractivity contribution in [2.45, 2.75) is 77.2 Å². The van der Waals surface area contributed by atoms with Crippen LogP contribution in [0.1, 0.15) is 87.0 Å². The summed E-state index contributed by atoms with van der Waals surface area (Å²) in [6.45, 7) is 4.59. The highest BCUT2D eigenvalue weighted by Gasteiger charge is 2.64. The molecule has 4 aromatic rings. The molecule has 0 radical (unpaired) electrons. The Balaban J connectivity index is 1.48. The van der Waals surface area contributed by atoms with Gasteiger partial charge >= 0.3 is 18.2 Å². The number of nitrogens with zero attached hydrogens (tertiary/aromatic N) is 6. The van der Waals surface area contributed by atoms with Gasteiger partial charge in [0.1, 0.15) is 19.5 Å². The Morgan fingerprint density at radius 2 is 1.71 bits per heavy atom. The molecule has 1 aromatic heterocycles. The molecule has 1 N–H and O–H groups in total. The van der Waals surface area contributed by atoms with Gasteiger partial charge in [0.05, 0.1) is 40.2 Å². The first kappa shape index (κ1) is 41.7. The number of alkyl halides is 5. The van der Waals surface area contributed by atoms with Crippen LogP contribution in [-0.2, 0) is 31.2 Å². The van der Waals surface area contributed by atoms with Crippen molar-refractivity contribution in [2.75, 3.05) is 6.61 Å². The molecule has 6 rings (SSSR count). The fraction of sp³-hybridized carbons (Fsp3) is 0.375. The number of guanidine groups is 1. The highest BCUT2D eigenvalue weighted by molar-refractivity contribution is 6.32. The van der Waals surface area contributed by atoms with Crippen LogP contribution in [0.25, 0.3) is 5.69 Å². The van der Waals surface area contributed by atoms with E-state index in [-0.39, 0.29) is 53.7 Å². The van der Waals surface area contributed by atoms with E-state index in [1.807, 2.05) is 26.8 Å². The van der Waals surface area contributed by atoms with E-state index in [1.165, 1.54) is 30.3 Å². The van der Waals surface area contributed by atoms with Crippen molar-refractivity contribution in [1.29, 1.82) is 5.26 Å². The number of benzene rings is 3. The fourth-order valence-corrected chi connectivity index (χ4v) is 7.01. The Kier molecular flexibility index (Phi) is 11.6. The third-order valence-electron chi connectivity index (χ3n) is 9.81. The molecule has 1 aliphatic heterocycles. The number of nitrogens with one attached hydrogen (secondary N) is 1. The van der Waals surface area contributed by atoms with Gasteiger partial charge in [0.2, 0.25) is 5.96 Å². The summed E-state index contributed by atoms with van der Waals surface area (Å²) in [5, 5.41) is 15.9. The van der Waals surface area contributed by atoms with Gasteiger partial charge in [0, 0.05) is 0 Å². The Bertz CT molecular complexity index is 2250. The minimum atomic E-state index is -4.67. The zero-order valence-electron chi connectivity index (χ0n) is 31.4. The van der Waals surface area contributed by atoms with Crippen molar-refractivity contribution in [3.8, 4) is 11.8 Å². The quantitative estimate of drug-likeness (QED) is 0.110. The number of ether oxygens (including phenoxy) is 2. The van der Waals surface area contributed by atoms with Crippen molar-refractivity contribution in [3.63, 3.8) is 0 Å². The number of nitriles is 1. The molecule has 1 aliphatic carbocycles. The summed E-state index contributed by atoms with van der Waals surface area (Å²) >= 11 is 6.49. The lowest BCUT2D eigenvalue weighted by Gasteiger charge is -2.35. The zero-order chi connectivity index (χ0) is 42.0. The molecule has 2 amide bonds. The van der Waals surface area contributed by atoms with Crippen LogP contribution in [0, 0.1) is 22.2 Å². The van der Waals surface area contributed by atoms with Crippen molar-refractivity contribution >= 4 is 35.5 Å². The molecule has 2 aliphatic rings. The first-order chi connectivity index (χ1) is 27.4. The normalized spacial score (nSPS) is 18.1. The molecule has 0 unspecified atom stereocenters. The highest BCUT2D eigenvalue weighted by atomic mass is 35.5. The molecule has 1 saturated carbocycles. The second-order valence-corrected chi connectivity index (χ2v) is 15.7. The summed E-state index contributed by atoms with van der Waals surface area (Å²) in [6, 6.07) is 19.3. The van der Waals surface area contributed by atoms with Crippen molar-refractivity contribution in [1.82, 2.24) is 25.0 Å². The monoisotopic (exact) mass is 825 g/mol. The molecule has 0 saturated heterocycles. The van der Waals surface area contributed by atoms with Gasteiger partial charge in [-0.05, 0) is 65.6 Å². The van der Waals surface area contributed by atoms with Gasteiger partial charge in [-0.25, -0.2) is 28.2 Å². The van der Waals surface area contributed by atoms with Gasteiger partial charge < -0.3 is 9.47 Å². The van der Waals surface area contributed by atoms with Crippen LogP contribution in [0.3, 0.4) is 0 Å². The van der Waals surface area contributed by atoms with Gasteiger partial charge in [-0.3, -0.25) is 19.8 Å². The lowest BCUT2D eigenvalue weighted by molar-refractivity contribution is -0.195. The van der Waals surface area contributed by atoms with E-state index < -0.39 is 71.8 Å². The second-order valence-electron chi connectivity index (χ2n) is 15.3. The van der Waals surface area contributed by atoms with Crippen LogP contribution in [0.15, 0.2) is 84.1 Å². The summed E-state index contributed by atoms with van der Waals surface area (Å²) in [5.41, 5.74) is -3.47. The molecule has 1 fully saturated rings. The Hall–Kier alpha value is -5.89. The molecule has 304 valence electrons. The average Bonchev–Trinajstić information content (AvgIpc) is 3.71. The van der Waals surface area contributed by atoms with Crippen molar-refractivity contribution < 1.29 is 45.8 Å². The molecular weight excluding hydrogens is 789 g/mol. The maximum atomic E-state index is 15.3. The third-order valence-corrected chi connectivity index (χ3v) is 10.1. The van der Waals surface area contributed by atoms with Gasteiger partial charge in [-0.1, -0.05) is 80.9 Å². The predicted molar refractivity (Wildman–Crippen MR) is 198 cm³/mol. The molecule has 0 spiro atoms. The number of aliphatic imine (C=N–C) groups is 1. The molecule has 58 heavy (non-hydrogen) atoms. The average molecular weight is 826 g/mol. The number of aromatic nitrogens is 3. The molecule has 12 nitrogen and oxygen atoms in total. The fourth-order valence-electron chi connectivity index (χ4n) is 6.81. The zero-order valence-corrected chi connectivity index (χ0v) is 32.2. The molecular formula is C40H37ClF5N7O5. The largest absolute Gasteiger partial charge is 0.463 e. The lowest BCUT2D eigenvalue weighted by atomic mass is 9.75. The Morgan fingerprint density at radius 1 is 1.02 bits per heavy atom. The van der Waals surface area contributed by atoms with Gasteiger partial charge in [0.25, 0.3) is 12.3 Å². The standard InChI is InChI=1S/C40H37ClF5N7O5/c1-37(2,3)22-39(27-12-9-24(19-47)10-13-27)34(55)52(35(51-39)50-36(56)58-20-25-7-5-4-6-8-25)30(21-57-31(54)18-38(15-16-38)40(44,45)46)26-11-14-28(41)29(17-26)53-33(32(42)43)48-23-49-53/h4-14,17,23,30,32H,15-16,18,20-22H2,1-3H3,(H,50,51,56)/t30-,39-/m1/s1. The first-order valence-electron chi connectivity index (χ1n) is 18.0. The lowest BCUT2D eigenvalue weighted by Crippen LogP contribution is -2.49. The van der Waals surface area contributed by atoms with Crippen molar-refractivity contribution in [2.24, 2.45) is 15.8 Å². The minimum Gasteiger partial charge on any atom is -0.463 e. The van der Waals surface area contributed by atoms with E-state index in [0.717, 1.165) is 15.9 Å². The van der Waals surface area contributed by atoms with E-state index in [4.69, 9.17) is 26.1 Å². The number of rotatable bonds is 12. The summed E-state index contributed by atoms with van der Waals surface area (Å²) in [5.74, 6) is -3.11. The second kappa shape index (κ2) is 16.2. The van der Waals surface area contributed by atoms with Crippen LogP contribution in [0.2, 0.25) is 5.02 Å². The molecule has 0 bridgehead atoms. The number of halogens is 6. The number of amides is 2. The van der Waals surface area contributed by atoms with E-state index in [0.29, 0.717) is 11.1 Å². The number of esters is 1. The number of alkyl carbamates (subject to hydrolysis) is 1. The van der Waals surface area contributed by atoms with Crippen LogP contribution < -0.4 is 5.32 Å². The summed E-state index contributed by atoms with van der Waals surface area (Å²) in [7, 11) is 0. The summed E-state index contributed by atoms with van der Waals surface area (Å²) < 4.78 is 81.4. The van der Waals surface area contributed by atoms with Crippen LogP contribution in [0.5, 0.6) is 0 Å². The Morgan fingerprint density at radius 3 is 2.31 bits per heavy atom. The summed E-state index contributed by atoms with van der Waals surface area (Å²) in [4.78, 5) is 51.5. The molecule has 3 aromatic carbocycles. The number of hydrogen-bond acceptors (Lipinski definition) is 9. The van der Waals surface area contributed by atoms with E-state index >= 15 is 4.79 Å². The Labute approximate surface area is 334 Å². The van der Waals surface area contributed by atoms with E-state index in [9.17, 15) is 36.8 Å². The van der Waals surface area contributed by atoms with Crippen LogP contribution in [-0.4, -0.2) is 56.4 Å². The van der Waals surface area contributed by atoms with Crippen LogP contribution in [0.4, 0.5) is 26.7 Å². The number of carbonyl (C=O) groups is 3. The molecule has 2 atom stereocenters. The third kappa shape index (κ3) is 8.81. The highest BCUT2D eigenvalue weighted by Crippen LogP contribution is 2.60. The minimum absolute atomic E-state index is 0.0225. The maximum Gasteiger partial charge on any atom is 0.414 e. The molecule has 2 heterocycles. The maximum absolute atomic E-state index is 15.3. The predicted octanol–water partition coefficient (Wildman–Crippen LogP) is 8.50. The molecule has 18 heteroatoms. The smallest absolute Gasteiger partial charge is 0.414 e. The number of carbonyl (C=O) groups excluding carboxylic acids is 3. The van der Waals surface area contributed by atoms with E-state index in [1.54, 1.807) is 42.5 Å². The van der Waals surface area contributed by atoms with Gasteiger partial charge in [-0.2, -0.15) is 23.5 Å². The summed E-state index contributed by atoms with van der Waals surface area (Å²) in [6.07, 6.45) is -9.40. The van der Waals surface area contributed by atoms with Crippen molar-refractivity contribution in [3.05, 3.63) is 112 Å². The first-order valence-corrected chi connectivity index (χ1v) is 18.4. The van der Waals surface area contributed by atoms with E-state index in [2.05, 4.69) is 15.4 Å².